The molecule has 0 radical (unpaired) electrons. The lowest BCUT2D eigenvalue weighted by Crippen LogP contribution is -2.45. The number of nitrogens with zero attached hydrogens (tertiary/aromatic N) is 1. The number of hydrogen-bond acceptors (Lipinski definition) is 3. The molecule has 1 heterocycles. The van der Waals surface area contributed by atoms with Gasteiger partial charge in [0.15, 0.2) is 0 Å². The lowest BCUT2D eigenvalue weighted by molar-refractivity contribution is -0.139. The summed E-state index contributed by atoms with van der Waals surface area (Å²) in [7, 11) is 0. The van der Waals surface area contributed by atoms with Crippen molar-refractivity contribution in [2.45, 2.75) is 64.5 Å². The molecule has 1 aliphatic heterocycles. The van der Waals surface area contributed by atoms with E-state index in [1.54, 1.807) is 0 Å². The van der Waals surface area contributed by atoms with Crippen molar-refractivity contribution in [3.8, 4) is 0 Å². The number of likely N-dealkylation sites (tertiary alicyclic amines) is 1. The van der Waals surface area contributed by atoms with Crippen LogP contribution in [-0.4, -0.2) is 41.1 Å². The minimum absolute atomic E-state index is 0.101. The van der Waals surface area contributed by atoms with Crippen molar-refractivity contribution < 1.29 is 9.90 Å². The fourth-order valence-electron chi connectivity index (χ4n) is 3.81. The van der Waals surface area contributed by atoms with Gasteiger partial charge in [-0.05, 0) is 50.9 Å². The quantitative estimate of drug-likeness (QED) is 0.829. The Morgan fingerprint density at radius 2 is 1.80 bits per heavy atom. The Labute approximate surface area is 122 Å². The minimum atomic E-state index is -0.249. The van der Waals surface area contributed by atoms with Crippen LogP contribution >= 0.6 is 0 Å². The molecule has 2 rings (SSSR count). The zero-order valence-corrected chi connectivity index (χ0v) is 12.9. The number of aliphatic hydroxyl groups excluding tert-OH is 1. The molecule has 1 saturated heterocycles. The summed E-state index contributed by atoms with van der Waals surface area (Å²) in [5.41, 5.74) is 6.04. The van der Waals surface area contributed by atoms with Gasteiger partial charge in [-0.25, -0.2) is 0 Å². The molecule has 0 spiro atoms. The molecule has 3 N–H and O–H groups in total. The van der Waals surface area contributed by atoms with E-state index in [1.165, 1.54) is 0 Å². The van der Waals surface area contributed by atoms with E-state index in [-0.39, 0.29) is 18.1 Å². The molecule has 2 aliphatic rings. The van der Waals surface area contributed by atoms with Gasteiger partial charge in [-0.1, -0.05) is 13.3 Å². The molecule has 0 aromatic rings. The van der Waals surface area contributed by atoms with Crippen LogP contribution in [0.2, 0.25) is 0 Å². The average molecular weight is 282 g/mol. The fraction of sp³-hybridized carbons (Fsp3) is 0.938. The smallest absolute Gasteiger partial charge is 0.225 e. The maximum atomic E-state index is 12.6. The average Bonchev–Trinajstić information content (AvgIpc) is 2.46. The van der Waals surface area contributed by atoms with Crippen molar-refractivity contribution in [3.05, 3.63) is 0 Å². The van der Waals surface area contributed by atoms with Crippen molar-refractivity contribution in [1.82, 2.24) is 4.90 Å². The van der Waals surface area contributed by atoms with Gasteiger partial charge in [0.05, 0.1) is 6.10 Å². The Bertz CT molecular complexity index is 324. The van der Waals surface area contributed by atoms with Crippen LogP contribution in [0.25, 0.3) is 0 Å². The molecule has 4 heteroatoms. The van der Waals surface area contributed by atoms with Crippen LogP contribution < -0.4 is 5.73 Å². The predicted octanol–water partition coefficient (Wildman–Crippen LogP) is 1.76. The number of carbonyl (C=O) groups excluding carboxylic acids is 1. The number of piperidine rings is 1. The van der Waals surface area contributed by atoms with E-state index in [9.17, 15) is 9.90 Å². The van der Waals surface area contributed by atoms with Crippen LogP contribution in [-0.2, 0) is 4.79 Å². The molecule has 0 aromatic heterocycles. The third-order valence-corrected chi connectivity index (χ3v) is 5.39. The first-order valence-electron chi connectivity index (χ1n) is 8.21. The van der Waals surface area contributed by atoms with Crippen LogP contribution in [0.5, 0.6) is 0 Å². The van der Waals surface area contributed by atoms with Gasteiger partial charge >= 0.3 is 0 Å². The van der Waals surface area contributed by atoms with Crippen molar-refractivity contribution in [3.63, 3.8) is 0 Å². The summed E-state index contributed by atoms with van der Waals surface area (Å²) in [4.78, 5) is 14.6. The number of carbonyl (C=O) groups is 1. The molecule has 20 heavy (non-hydrogen) atoms. The number of hydrogen-bond donors (Lipinski definition) is 2. The van der Waals surface area contributed by atoms with Crippen LogP contribution in [0.4, 0.5) is 0 Å². The van der Waals surface area contributed by atoms with Crippen LogP contribution in [0.3, 0.4) is 0 Å². The van der Waals surface area contributed by atoms with Crippen molar-refractivity contribution in [2.75, 3.05) is 13.1 Å². The van der Waals surface area contributed by atoms with Gasteiger partial charge in [0.25, 0.3) is 0 Å². The summed E-state index contributed by atoms with van der Waals surface area (Å²) in [5, 5.41) is 9.63. The highest BCUT2D eigenvalue weighted by Crippen LogP contribution is 2.31. The predicted molar refractivity (Wildman–Crippen MR) is 80.1 cm³/mol. The summed E-state index contributed by atoms with van der Waals surface area (Å²) in [5.74, 6) is 1.22. The number of rotatable bonds is 3. The second kappa shape index (κ2) is 6.90. The highest BCUT2D eigenvalue weighted by molar-refractivity contribution is 5.78. The molecule has 1 saturated carbocycles. The second-order valence-electron chi connectivity index (χ2n) is 6.88. The highest BCUT2D eigenvalue weighted by Gasteiger charge is 2.33. The number of amides is 1. The summed E-state index contributed by atoms with van der Waals surface area (Å²) < 4.78 is 0. The zero-order chi connectivity index (χ0) is 14.7. The van der Waals surface area contributed by atoms with Crippen LogP contribution in [0.15, 0.2) is 0 Å². The van der Waals surface area contributed by atoms with Gasteiger partial charge < -0.3 is 15.7 Å². The molecule has 116 valence electrons. The van der Waals surface area contributed by atoms with Gasteiger partial charge in [-0.2, -0.15) is 0 Å². The van der Waals surface area contributed by atoms with Gasteiger partial charge in [0, 0.05) is 25.0 Å². The molecular weight excluding hydrogens is 252 g/mol. The zero-order valence-electron chi connectivity index (χ0n) is 12.9. The van der Waals surface area contributed by atoms with E-state index in [0.29, 0.717) is 17.7 Å². The van der Waals surface area contributed by atoms with Crippen molar-refractivity contribution >= 4 is 5.91 Å². The molecule has 0 bridgehead atoms. The maximum Gasteiger partial charge on any atom is 0.225 e. The first-order chi connectivity index (χ1) is 9.49. The number of nitrogens with two attached hydrogens (primary N) is 1. The molecule has 4 nitrogen and oxygen atoms in total. The van der Waals surface area contributed by atoms with E-state index in [1.807, 2.05) is 11.8 Å². The molecule has 4 unspecified atom stereocenters. The third-order valence-electron chi connectivity index (χ3n) is 5.39. The molecule has 1 aliphatic carbocycles. The first-order valence-corrected chi connectivity index (χ1v) is 8.21. The standard InChI is InChI=1S/C16H30N2O2/c1-11(14-4-3-5-15(17)10-14)16(20)18-8-6-13(7-9-18)12(2)19/h11-15,19H,3-10,17H2,1-2H3. The lowest BCUT2D eigenvalue weighted by atomic mass is 9.78. The summed E-state index contributed by atoms with van der Waals surface area (Å²) in [6.45, 7) is 5.54. The van der Waals surface area contributed by atoms with Gasteiger partial charge in [0.1, 0.15) is 0 Å². The molecule has 1 amide bonds. The largest absolute Gasteiger partial charge is 0.393 e. The third kappa shape index (κ3) is 3.73. The monoisotopic (exact) mass is 282 g/mol. The molecule has 4 atom stereocenters. The Balaban J connectivity index is 1.85. The van der Waals surface area contributed by atoms with Crippen molar-refractivity contribution in [2.24, 2.45) is 23.5 Å². The lowest BCUT2D eigenvalue weighted by Gasteiger charge is -2.37. The van der Waals surface area contributed by atoms with Crippen LogP contribution in [0.1, 0.15) is 52.4 Å². The maximum absolute atomic E-state index is 12.6. The highest BCUT2D eigenvalue weighted by atomic mass is 16.3. The Kier molecular flexibility index (Phi) is 5.44. The van der Waals surface area contributed by atoms with E-state index >= 15 is 0 Å². The summed E-state index contributed by atoms with van der Waals surface area (Å²) >= 11 is 0. The molecular formula is C16H30N2O2. The number of aliphatic hydroxyl groups is 1. The fourth-order valence-corrected chi connectivity index (χ4v) is 3.81. The first kappa shape index (κ1) is 15.8. The van der Waals surface area contributed by atoms with Crippen LogP contribution in [0, 0.1) is 17.8 Å². The Morgan fingerprint density at radius 1 is 1.15 bits per heavy atom. The van der Waals surface area contributed by atoms with E-state index in [0.717, 1.165) is 51.6 Å². The topological polar surface area (TPSA) is 66.6 Å². The van der Waals surface area contributed by atoms with E-state index < -0.39 is 0 Å². The molecule has 2 fully saturated rings. The Hall–Kier alpha value is -0.610. The summed E-state index contributed by atoms with van der Waals surface area (Å²) in [6.07, 6.45) is 6.02. The normalized spacial score (nSPS) is 31.9. The Morgan fingerprint density at radius 3 is 2.35 bits per heavy atom. The summed E-state index contributed by atoms with van der Waals surface area (Å²) in [6, 6.07) is 0.282. The van der Waals surface area contributed by atoms with Gasteiger partial charge in [-0.3, -0.25) is 4.79 Å². The van der Waals surface area contributed by atoms with Gasteiger partial charge in [0.2, 0.25) is 5.91 Å². The van der Waals surface area contributed by atoms with E-state index in [4.69, 9.17) is 5.73 Å². The SMILES string of the molecule is CC(O)C1CCN(C(=O)C(C)C2CCCC(N)C2)CC1. The molecule has 0 aromatic carbocycles. The van der Waals surface area contributed by atoms with Gasteiger partial charge in [-0.15, -0.1) is 0 Å². The van der Waals surface area contributed by atoms with E-state index in [2.05, 4.69) is 6.92 Å². The van der Waals surface area contributed by atoms with Crippen molar-refractivity contribution in [1.29, 1.82) is 0 Å². The second-order valence-corrected chi connectivity index (χ2v) is 6.88. The minimum Gasteiger partial charge on any atom is -0.393 e.